The molecule has 0 spiro atoms. The highest BCUT2D eigenvalue weighted by Crippen LogP contribution is 2.28. The lowest BCUT2D eigenvalue weighted by Gasteiger charge is -2.42. The van der Waals surface area contributed by atoms with Crippen LogP contribution in [-0.4, -0.2) is 60.3 Å². The van der Waals surface area contributed by atoms with E-state index in [1.54, 1.807) is 0 Å². The molecule has 2 rings (SSSR count). The van der Waals surface area contributed by atoms with Gasteiger partial charge in [0.1, 0.15) is 0 Å². The van der Waals surface area contributed by atoms with Crippen molar-refractivity contribution in [3.63, 3.8) is 0 Å². The third-order valence-corrected chi connectivity index (χ3v) is 4.26. The number of nitrogens with zero attached hydrogens (tertiary/aromatic N) is 1. The molecule has 0 aromatic carbocycles. The lowest BCUT2D eigenvalue weighted by molar-refractivity contribution is -0.139. The second-order valence-electron chi connectivity index (χ2n) is 6.11. The van der Waals surface area contributed by atoms with Gasteiger partial charge in [0.25, 0.3) is 0 Å². The van der Waals surface area contributed by atoms with Crippen molar-refractivity contribution in [2.24, 2.45) is 5.92 Å². The standard InChI is InChI=1S/C15H26N2O4/c1-2-17(9-15(19)20)13-7-12(8-13)16-14(18)5-6-21-10-11-3-4-11/h11-13H,2-10H2,1H3,(H,16,18)(H,19,20). The summed E-state index contributed by atoms with van der Waals surface area (Å²) in [4.78, 5) is 24.4. The van der Waals surface area contributed by atoms with Crippen LogP contribution in [0.4, 0.5) is 0 Å². The third-order valence-electron chi connectivity index (χ3n) is 4.26. The van der Waals surface area contributed by atoms with Crippen LogP contribution in [0.2, 0.25) is 0 Å². The summed E-state index contributed by atoms with van der Waals surface area (Å²) in [6.45, 7) is 4.06. The topological polar surface area (TPSA) is 78.9 Å². The summed E-state index contributed by atoms with van der Waals surface area (Å²) in [5, 5.41) is 11.8. The predicted octanol–water partition coefficient (Wildman–Crippen LogP) is 0.857. The summed E-state index contributed by atoms with van der Waals surface area (Å²) >= 11 is 0. The van der Waals surface area contributed by atoms with E-state index in [9.17, 15) is 9.59 Å². The maximum Gasteiger partial charge on any atom is 0.317 e. The third kappa shape index (κ3) is 5.63. The van der Waals surface area contributed by atoms with Crippen molar-refractivity contribution >= 4 is 11.9 Å². The van der Waals surface area contributed by atoms with Crippen molar-refractivity contribution in [1.82, 2.24) is 10.2 Å². The van der Waals surface area contributed by atoms with Gasteiger partial charge in [-0.1, -0.05) is 6.92 Å². The maximum absolute atomic E-state index is 11.7. The van der Waals surface area contributed by atoms with Crippen molar-refractivity contribution < 1.29 is 19.4 Å². The summed E-state index contributed by atoms with van der Waals surface area (Å²) in [6.07, 6.45) is 4.63. The number of carboxylic acids is 1. The van der Waals surface area contributed by atoms with Crippen molar-refractivity contribution in [1.29, 1.82) is 0 Å². The minimum Gasteiger partial charge on any atom is -0.480 e. The van der Waals surface area contributed by atoms with E-state index in [2.05, 4.69) is 5.32 Å². The van der Waals surface area contributed by atoms with E-state index < -0.39 is 5.97 Å². The molecule has 2 N–H and O–H groups in total. The summed E-state index contributed by atoms with van der Waals surface area (Å²) < 4.78 is 5.45. The fourth-order valence-electron chi connectivity index (χ4n) is 2.68. The van der Waals surface area contributed by atoms with Gasteiger partial charge in [-0.15, -0.1) is 0 Å². The van der Waals surface area contributed by atoms with Gasteiger partial charge in [0.15, 0.2) is 0 Å². The Kier molecular flexibility index (Phi) is 5.99. The number of carbonyl (C=O) groups is 2. The van der Waals surface area contributed by atoms with Crippen molar-refractivity contribution in [3.8, 4) is 0 Å². The van der Waals surface area contributed by atoms with Gasteiger partial charge in [-0.3, -0.25) is 14.5 Å². The second-order valence-corrected chi connectivity index (χ2v) is 6.11. The first-order chi connectivity index (χ1) is 10.1. The van der Waals surface area contributed by atoms with Crippen LogP contribution in [0, 0.1) is 5.92 Å². The first-order valence-electron chi connectivity index (χ1n) is 7.91. The number of carboxylic acid groups (broad SMARTS) is 1. The van der Waals surface area contributed by atoms with E-state index in [-0.39, 0.29) is 24.5 Å². The fourth-order valence-corrected chi connectivity index (χ4v) is 2.68. The second kappa shape index (κ2) is 7.75. The lowest BCUT2D eigenvalue weighted by atomic mass is 9.85. The molecule has 0 aliphatic heterocycles. The van der Waals surface area contributed by atoms with Gasteiger partial charge in [0.05, 0.1) is 13.2 Å². The van der Waals surface area contributed by atoms with E-state index in [0.29, 0.717) is 13.0 Å². The van der Waals surface area contributed by atoms with Crippen LogP contribution in [0.25, 0.3) is 0 Å². The molecule has 0 aromatic rings. The van der Waals surface area contributed by atoms with Gasteiger partial charge in [-0.2, -0.15) is 0 Å². The Labute approximate surface area is 125 Å². The zero-order chi connectivity index (χ0) is 15.2. The molecule has 0 heterocycles. The molecule has 21 heavy (non-hydrogen) atoms. The molecule has 0 saturated heterocycles. The molecule has 2 saturated carbocycles. The first-order valence-corrected chi connectivity index (χ1v) is 7.91. The minimum atomic E-state index is -0.794. The summed E-state index contributed by atoms with van der Waals surface area (Å²) in [5.74, 6) is -0.0256. The summed E-state index contributed by atoms with van der Waals surface area (Å²) in [5.41, 5.74) is 0. The molecule has 6 nitrogen and oxygen atoms in total. The average Bonchev–Trinajstić information content (AvgIpc) is 3.20. The number of carbonyl (C=O) groups excluding carboxylic acids is 1. The molecule has 0 radical (unpaired) electrons. The quantitative estimate of drug-likeness (QED) is 0.585. The Bertz CT molecular complexity index is 365. The molecule has 120 valence electrons. The predicted molar refractivity (Wildman–Crippen MR) is 78.0 cm³/mol. The van der Waals surface area contributed by atoms with Crippen molar-refractivity contribution in [3.05, 3.63) is 0 Å². The molecule has 0 bridgehead atoms. The van der Waals surface area contributed by atoms with E-state index in [1.165, 1.54) is 12.8 Å². The van der Waals surface area contributed by atoms with Gasteiger partial charge in [-0.05, 0) is 38.1 Å². The molecule has 0 unspecified atom stereocenters. The Morgan fingerprint density at radius 1 is 1.33 bits per heavy atom. The van der Waals surface area contributed by atoms with Gasteiger partial charge >= 0.3 is 5.97 Å². The zero-order valence-corrected chi connectivity index (χ0v) is 12.7. The molecule has 2 aliphatic carbocycles. The van der Waals surface area contributed by atoms with Crippen LogP contribution in [0.5, 0.6) is 0 Å². The molecular weight excluding hydrogens is 272 g/mol. The molecule has 1 amide bonds. The number of likely N-dealkylation sites (N-methyl/N-ethyl adjacent to an activating group) is 1. The largest absolute Gasteiger partial charge is 0.480 e. The van der Waals surface area contributed by atoms with Gasteiger partial charge in [-0.25, -0.2) is 0 Å². The van der Waals surface area contributed by atoms with Crippen LogP contribution >= 0.6 is 0 Å². The summed E-state index contributed by atoms with van der Waals surface area (Å²) in [6, 6.07) is 0.469. The van der Waals surface area contributed by atoms with Crippen LogP contribution in [0.15, 0.2) is 0 Å². The van der Waals surface area contributed by atoms with Gasteiger partial charge in [0.2, 0.25) is 5.91 Å². The van der Waals surface area contributed by atoms with E-state index in [0.717, 1.165) is 31.9 Å². The number of amides is 1. The molecule has 0 aromatic heterocycles. The van der Waals surface area contributed by atoms with E-state index in [1.807, 2.05) is 11.8 Å². The van der Waals surface area contributed by atoms with Crippen molar-refractivity contribution in [2.75, 3.05) is 26.3 Å². The summed E-state index contributed by atoms with van der Waals surface area (Å²) in [7, 11) is 0. The highest BCUT2D eigenvalue weighted by atomic mass is 16.5. The molecular formula is C15H26N2O4. The Hall–Kier alpha value is -1.14. The molecule has 6 heteroatoms. The molecule has 0 atom stereocenters. The first kappa shape index (κ1) is 16.2. The smallest absolute Gasteiger partial charge is 0.317 e. The SMILES string of the molecule is CCN(CC(=O)O)C1CC(NC(=O)CCOCC2CC2)C1. The number of hydrogen-bond donors (Lipinski definition) is 2. The van der Waals surface area contributed by atoms with Crippen LogP contribution in [0.3, 0.4) is 0 Å². The maximum atomic E-state index is 11.7. The number of hydrogen-bond acceptors (Lipinski definition) is 4. The normalized spacial score (nSPS) is 24.7. The fraction of sp³-hybridized carbons (Fsp3) is 0.867. The number of aliphatic carboxylic acids is 1. The van der Waals surface area contributed by atoms with Crippen molar-refractivity contribution in [2.45, 2.75) is 51.1 Å². The zero-order valence-electron chi connectivity index (χ0n) is 12.7. The van der Waals surface area contributed by atoms with Crippen LogP contribution in [-0.2, 0) is 14.3 Å². The van der Waals surface area contributed by atoms with Gasteiger partial charge < -0.3 is 15.2 Å². The Morgan fingerprint density at radius 2 is 2.05 bits per heavy atom. The number of rotatable bonds is 10. The average molecular weight is 298 g/mol. The highest BCUT2D eigenvalue weighted by molar-refractivity contribution is 5.76. The van der Waals surface area contributed by atoms with Crippen LogP contribution in [0.1, 0.15) is 39.0 Å². The van der Waals surface area contributed by atoms with E-state index >= 15 is 0 Å². The highest BCUT2D eigenvalue weighted by Gasteiger charge is 2.34. The number of nitrogens with one attached hydrogen (secondary N) is 1. The number of ether oxygens (including phenoxy) is 1. The lowest BCUT2D eigenvalue weighted by Crippen LogP contribution is -2.54. The minimum absolute atomic E-state index is 0.0375. The molecule has 2 fully saturated rings. The Balaban J connectivity index is 1.53. The van der Waals surface area contributed by atoms with E-state index in [4.69, 9.17) is 9.84 Å². The van der Waals surface area contributed by atoms with Gasteiger partial charge in [0, 0.05) is 25.1 Å². The van der Waals surface area contributed by atoms with Crippen LogP contribution < -0.4 is 5.32 Å². The Morgan fingerprint density at radius 3 is 2.62 bits per heavy atom. The monoisotopic (exact) mass is 298 g/mol. The molecule has 2 aliphatic rings.